The van der Waals surface area contributed by atoms with Gasteiger partial charge in [0.15, 0.2) is 0 Å². The molecule has 2 aromatic rings. The number of nitrogens with one attached hydrogen (secondary N) is 2. The van der Waals surface area contributed by atoms with Crippen LogP contribution in [0.4, 0.5) is 0 Å². The van der Waals surface area contributed by atoms with Gasteiger partial charge in [0, 0.05) is 50.9 Å². The van der Waals surface area contributed by atoms with E-state index in [1.165, 1.54) is 18.9 Å². The highest BCUT2D eigenvalue weighted by atomic mass is 16.5. The van der Waals surface area contributed by atoms with Gasteiger partial charge in [0.1, 0.15) is 11.7 Å². The molecule has 0 saturated carbocycles. The van der Waals surface area contributed by atoms with Crippen molar-refractivity contribution in [2.45, 2.75) is 38.9 Å². The van der Waals surface area contributed by atoms with Gasteiger partial charge in [-0.3, -0.25) is 15.0 Å². The Morgan fingerprint density at radius 1 is 1.14 bits per heavy atom. The van der Waals surface area contributed by atoms with Crippen LogP contribution in [0.15, 0.2) is 24.4 Å². The Kier molecular flexibility index (Phi) is 12.3. The predicted molar refractivity (Wildman–Crippen MR) is 134 cm³/mol. The summed E-state index contributed by atoms with van der Waals surface area (Å²) in [5.74, 6) is -1.42. The van der Waals surface area contributed by atoms with Crippen LogP contribution in [0.25, 0.3) is 11.0 Å². The Hall–Kier alpha value is -3.06. The van der Waals surface area contributed by atoms with E-state index in [4.69, 9.17) is 14.6 Å². The van der Waals surface area contributed by atoms with Gasteiger partial charge in [0.2, 0.25) is 11.8 Å². The van der Waals surface area contributed by atoms with E-state index in [-0.39, 0.29) is 24.8 Å². The standard InChI is InChI=1S/C24H38N6O6/c1-18(24(33)34)29(4)22(32)8-12-35-14-15-36-13-10-26-21(31)7-11-30-20(17-28(3)25-2)16-19-6-5-9-27-23(19)30/h5-6,9,16,18,25H,7-8,10-15,17H2,1-4H3,(H,26,31)(H,33,34). The number of hydrogen-bond donors (Lipinski definition) is 3. The summed E-state index contributed by atoms with van der Waals surface area (Å²) in [6, 6.07) is 5.13. The molecule has 2 aromatic heterocycles. The Bertz CT molecular complexity index is 997. The lowest BCUT2D eigenvalue weighted by molar-refractivity contribution is -0.148. The monoisotopic (exact) mass is 506 g/mol. The van der Waals surface area contributed by atoms with Crippen molar-refractivity contribution in [3.8, 4) is 0 Å². The topological polar surface area (TPSA) is 138 Å². The summed E-state index contributed by atoms with van der Waals surface area (Å²) < 4.78 is 12.9. The molecule has 2 rings (SSSR count). The predicted octanol–water partition coefficient (Wildman–Crippen LogP) is 0.464. The molecule has 0 radical (unpaired) electrons. The van der Waals surface area contributed by atoms with Gasteiger partial charge in [-0.25, -0.2) is 14.8 Å². The fourth-order valence-electron chi connectivity index (χ4n) is 3.45. The number of nitrogens with zero attached hydrogens (tertiary/aromatic N) is 4. The van der Waals surface area contributed by atoms with Gasteiger partial charge in [0.25, 0.3) is 0 Å². The second-order valence-corrected chi connectivity index (χ2v) is 8.38. The fraction of sp³-hybridized carbons (Fsp3) is 0.583. The van der Waals surface area contributed by atoms with E-state index < -0.39 is 12.0 Å². The van der Waals surface area contributed by atoms with Crippen LogP contribution in [0.1, 0.15) is 25.5 Å². The van der Waals surface area contributed by atoms with Crippen molar-refractivity contribution in [2.24, 2.45) is 0 Å². The SMILES string of the molecule is CNN(C)Cc1cc2cccnc2n1CCC(=O)NCCOCCOCCC(=O)N(C)C(C)C(=O)O. The molecule has 0 aromatic carbocycles. The molecule has 0 bridgehead atoms. The summed E-state index contributed by atoms with van der Waals surface area (Å²) in [6.45, 7) is 4.20. The number of aryl methyl sites for hydroxylation is 1. The number of rotatable bonds is 17. The van der Waals surface area contributed by atoms with E-state index in [0.717, 1.165) is 16.7 Å². The lowest BCUT2D eigenvalue weighted by atomic mass is 10.3. The Balaban J connectivity index is 1.61. The summed E-state index contributed by atoms with van der Waals surface area (Å²) in [5.41, 5.74) is 5.01. The Labute approximate surface area is 211 Å². The molecule has 0 fully saturated rings. The van der Waals surface area contributed by atoms with E-state index in [9.17, 15) is 14.4 Å². The Morgan fingerprint density at radius 2 is 1.86 bits per heavy atom. The summed E-state index contributed by atoms with van der Waals surface area (Å²) in [6.07, 6.45) is 2.17. The number of aromatic nitrogens is 2. The molecule has 1 unspecified atom stereocenters. The van der Waals surface area contributed by atoms with Gasteiger partial charge in [-0.1, -0.05) is 0 Å². The molecule has 0 aliphatic carbocycles. The quantitative estimate of drug-likeness (QED) is 0.206. The average Bonchev–Trinajstić information content (AvgIpc) is 3.21. The maximum Gasteiger partial charge on any atom is 0.326 e. The number of fused-ring (bicyclic) bond motifs is 1. The van der Waals surface area contributed by atoms with Crippen molar-refractivity contribution in [1.29, 1.82) is 0 Å². The molecule has 3 N–H and O–H groups in total. The van der Waals surface area contributed by atoms with E-state index in [1.807, 2.05) is 31.2 Å². The van der Waals surface area contributed by atoms with Gasteiger partial charge in [-0.2, -0.15) is 0 Å². The third kappa shape index (κ3) is 9.19. The van der Waals surface area contributed by atoms with Crippen LogP contribution >= 0.6 is 0 Å². The minimum Gasteiger partial charge on any atom is -0.480 e. The minimum atomic E-state index is -1.05. The van der Waals surface area contributed by atoms with Gasteiger partial charge in [0.05, 0.1) is 39.4 Å². The minimum absolute atomic E-state index is 0.0706. The lowest BCUT2D eigenvalue weighted by Gasteiger charge is -2.21. The number of carboxylic acid groups (broad SMARTS) is 1. The van der Waals surface area contributed by atoms with Crippen molar-refractivity contribution < 1.29 is 29.0 Å². The van der Waals surface area contributed by atoms with Gasteiger partial charge in [-0.05, 0) is 32.2 Å². The molecule has 0 spiro atoms. The van der Waals surface area contributed by atoms with Crippen LogP contribution in [-0.4, -0.2) is 103 Å². The number of aliphatic carboxylic acids is 1. The molecule has 12 nitrogen and oxygen atoms in total. The number of likely N-dealkylation sites (N-methyl/N-ethyl adjacent to an activating group) is 1. The van der Waals surface area contributed by atoms with E-state index >= 15 is 0 Å². The molecule has 0 aliphatic heterocycles. The van der Waals surface area contributed by atoms with Crippen molar-refractivity contribution in [2.75, 3.05) is 54.1 Å². The largest absolute Gasteiger partial charge is 0.480 e. The van der Waals surface area contributed by atoms with Crippen LogP contribution in [0.5, 0.6) is 0 Å². The second-order valence-electron chi connectivity index (χ2n) is 8.38. The van der Waals surface area contributed by atoms with Crippen LogP contribution in [0.2, 0.25) is 0 Å². The number of carbonyl (C=O) groups excluding carboxylic acids is 2. The second kappa shape index (κ2) is 15.1. The summed E-state index contributed by atoms with van der Waals surface area (Å²) in [5, 5.41) is 14.8. The molecule has 1 atom stereocenters. The molecule has 200 valence electrons. The highest BCUT2D eigenvalue weighted by Gasteiger charge is 2.21. The summed E-state index contributed by atoms with van der Waals surface area (Å²) >= 11 is 0. The molecule has 0 aliphatic rings. The number of ether oxygens (including phenoxy) is 2. The summed E-state index contributed by atoms with van der Waals surface area (Å²) in [7, 11) is 5.27. The molecular weight excluding hydrogens is 468 g/mol. The number of hydrazine groups is 1. The first kappa shape index (κ1) is 29.2. The molecular formula is C24H38N6O6. The van der Waals surface area contributed by atoms with Crippen LogP contribution in [0, 0.1) is 0 Å². The zero-order valence-electron chi connectivity index (χ0n) is 21.5. The highest BCUT2D eigenvalue weighted by molar-refractivity contribution is 5.83. The fourth-order valence-corrected chi connectivity index (χ4v) is 3.45. The van der Waals surface area contributed by atoms with Crippen molar-refractivity contribution >= 4 is 28.8 Å². The zero-order valence-corrected chi connectivity index (χ0v) is 21.5. The van der Waals surface area contributed by atoms with Crippen molar-refractivity contribution in [3.63, 3.8) is 0 Å². The van der Waals surface area contributed by atoms with E-state index in [2.05, 4.69) is 26.4 Å². The third-order valence-corrected chi connectivity index (χ3v) is 5.82. The van der Waals surface area contributed by atoms with Gasteiger partial charge >= 0.3 is 5.97 Å². The third-order valence-electron chi connectivity index (χ3n) is 5.82. The smallest absolute Gasteiger partial charge is 0.326 e. The maximum absolute atomic E-state index is 12.3. The number of pyridine rings is 1. The van der Waals surface area contributed by atoms with Crippen LogP contribution < -0.4 is 10.7 Å². The van der Waals surface area contributed by atoms with Gasteiger partial charge < -0.3 is 29.4 Å². The normalized spacial score (nSPS) is 12.1. The zero-order chi connectivity index (χ0) is 26.5. The number of carboxylic acids is 1. The van der Waals surface area contributed by atoms with Crippen molar-refractivity contribution in [3.05, 3.63) is 30.1 Å². The average molecular weight is 507 g/mol. The van der Waals surface area contributed by atoms with E-state index in [1.54, 1.807) is 6.20 Å². The van der Waals surface area contributed by atoms with Gasteiger partial charge in [-0.15, -0.1) is 0 Å². The number of carbonyl (C=O) groups is 3. The lowest BCUT2D eigenvalue weighted by Crippen LogP contribution is -2.40. The van der Waals surface area contributed by atoms with Crippen molar-refractivity contribution in [1.82, 2.24) is 30.2 Å². The molecule has 36 heavy (non-hydrogen) atoms. The summed E-state index contributed by atoms with van der Waals surface area (Å²) in [4.78, 5) is 40.8. The molecule has 2 amide bonds. The van der Waals surface area contributed by atoms with Crippen LogP contribution in [-0.2, 0) is 36.9 Å². The molecule has 12 heteroatoms. The first-order valence-electron chi connectivity index (χ1n) is 12.0. The first-order valence-corrected chi connectivity index (χ1v) is 12.0. The maximum atomic E-state index is 12.3. The number of amides is 2. The first-order chi connectivity index (χ1) is 17.2. The van der Waals surface area contributed by atoms with E-state index in [0.29, 0.717) is 45.9 Å². The molecule has 0 saturated heterocycles. The molecule has 2 heterocycles. The highest BCUT2D eigenvalue weighted by Crippen LogP contribution is 2.19. The van der Waals surface area contributed by atoms with Crippen LogP contribution in [0.3, 0.4) is 0 Å². The Morgan fingerprint density at radius 3 is 2.56 bits per heavy atom. The number of hydrogen-bond acceptors (Lipinski definition) is 8.